The molecular weight excluding hydrogens is 312 g/mol. The zero-order valence-electron chi connectivity index (χ0n) is 15.0. The first-order valence-electron chi connectivity index (χ1n) is 9.94. The van der Waals surface area contributed by atoms with Crippen LogP contribution in [0.15, 0.2) is 24.5 Å². The van der Waals surface area contributed by atoms with Crippen LogP contribution in [0.25, 0.3) is 0 Å². The fourth-order valence-corrected chi connectivity index (χ4v) is 5.40. The quantitative estimate of drug-likeness (QED) is 0.632. The Morgan fingerprint density at radius 1 is 1.20 bits per heavy atom. The molecule has 4 rings (SSSR count). The average Bonchev–Trinajstić information content (AvgIpc) is 2.82. The van der Waals surface area contributed by atoms with Gasteiger partial charge in [0.25, 0.3) is 0 Å². The van der Waals surface area contributed by atoms with E-state index in [4.69, 9.17) is 4.74 Å². The van der Waals surface area contributed by atoms with Gasteiger partial charge in [0.2, 0.25) is 0 Å². The van der Waals surface area contributed by atoms with E-state index in [2.05, 4.69) is 13.0 Å². The Hall–Kier alpha value is -1.77. The maximum absolute atomic E-state index is 11.5. The lowest BCUT2D eigenvalue weighted by molar-refractivity contribution is 0.0689. The van der Waals surface area contributed by atoms with Gasteiger partial charge in [-0.25, -0.2) is 4.79 Å². The van der Waals surface area contributed by atoms with E-state index in [9.17, 15) is 9.90 Å². The molecule has 0 amide bonds. The van der Waals surface area contributed by atoms with Crippen LogP contribution in [-0.4, -0.2) is 11.1 Å². The summed E-state index contributed by atoms with van der Waals surface area (Å²) in [6.07, 6.45) is 14.4. The lowest BCUT2D eigenvalue weighted by Crippen LogP contribution is -2.41. The number of hydrogen-bond acceptors (Lipinski definition) is 2. The minimum Gasteiger partial charge on any atom is -0.478 e. The fraction of sp³-hybridized carbons (Fsp3) is 0.591. The van der Waals surface area contributed by atoms with E-state index < -0.39 is 5.97 Å². The summed E-state index contributed by atoms with van der Waals surface area (Å²) in [6, 6.07) is 3.74. The van der Waals surface area contributed by atoms with E-state index in [1.165, 1.54) is 56.1 Å². The molecule has 3 nitrogen and oxygen atoms in total. The van der Waals surface area contributed by atoms with Crippen molar-refractivity contribution in [2.24, 2.45) is 17.8 Å². The zero-order chi connectivity index (χ0) is 17.4. The lowest BCUT2D eigenvalue weighted by Gasteiger charge is -2.48. The van der Waals surface area contributed by atoms with E-state index in [1.54, 1.807) is 12.3 Å². The van der Waals surface area contributed by atoms with E-state index in [1.807, 2.05) is 6.07 Å². The molecule has 1 saturated carbocycles. The van der Waals surface area contributed by atoms with Gasteiger partial charge in [-0.2, -0.15) is 0 Å². The van der Waals surface area contributed by atoms with Crippen molar-refractivity contribution in [3.05, 3.63) is 41.2 Å². The predicted molar refractivity (Wildman–Crippen MR) is 98.1 cm³/mol. The molecule has 25 heavy (non-hydrogen) atoms. The topological polar surface area (TPSA) is 46.5 Å². The fourth-order valence-electron chi connectivity index (χ4n) is 5.40. The van der Waals surface area contributed by atoms with Crippen LogP contribution < -0.4 is 4.74 Å². The van der Waals surface area contributed by atoms with Crippen LogP contribution in [0.5, 0.6) is 5.75 Å². The van der Waals surface area contributed by atoms with Gasteiger partial charge in [0, 0.05) is 5.56 Å². The van der Waals surface area contributed by atoms with Crippen LogP contribution >= 0.6 is 0 Å². The molecule has 2 aliphatic carbocycles. The third-order valence-electron chi connectivity index (χ3n) is 6.60. The maximum Gasteiger partial charge on any atom is 0.339 e. The summed E-state index contributed by atoms with van der Waals surface area (Å²) in [5.74, 6) is 2.15. The van der Waals surface area contributed by atoms with Crippen LogP contribution in [0.4, 0.5) is 0 Å². The summed E-state index contributed by atoms with van der Waals surface area (Å²) in [6.45, 7) is 2.26. The smallest absolute Gasteiger partial charge is 0.339 e. The number of unbranched alkanes of at least 4 members (excludes halogenated alkanes) is 5. The molecule has 1 aliphatic heterocycles. The highest BCUT2D eigenvalue weighted by Crippen LogP contribution is 2.63. The molecule has 1 aromatic rings. The van der Waals surface area contributed by atoms with Crippen molar-refractivity contribution in [1.29, 1.82) is 0 Å². The highest BCUT2D eigenvalue weighted by molar-refractivity contribution is 5.92. The Balaban J connectivity index is 1.46. The van der Waals surface area contributed by atoms with Crippen LogP contribution in [0.3, 0.4) is 0 Å². The summed E-state index contributed by atoms with van der Waals surface area (Å²) in [5, 5.41) is 9.46. The van der Waals surface area contributed by atoms with Crippen molar-refractivity contribution in [1.82, 2.24) is 0 Å². The second-order valence-electron chi connectivity index (χ2n) is 7.96. The summed E-state index contributed by atoms with van der Waals surface area (Å²) >= 11 is 0. The number of carboxylic acid groups (broad SMARTS) is 1. The third kappa shape index (κ3) is 2.78. The van der Waals surface area contributed by atoms with Crippen LogP contribution in [0.1, 0.15) is 79.3 Å². The number of ether oxygens (including phenoxy) is 1. The van der Waals surface area contributed by atoms with Gasteiger partial charge in [0.15, 0.2) is 0 Å². The third-order valence-corrected chi connectivity index (χ3v) is 6.60. The van der Waals surface area contributed by atoms with Crippen LogP contribution in [0, 0.1) is 17.8 Å². The van der Waals surface area contributed by atoms with Crippen LogP contribution in [0.2, 0.25) is 0 Å². The minimum absolute atomic E-state index is 0.309. The summed E-state index contributed by atoms with van der Waals surface area (Å²) in [4.78, 5) is 11.5. The summed E-state index contributed by atoms with van der Waals surface area (Å²) < 4.78 is 5.79. The molecule has 0 bridgehead atoms. The molecular formula is C22H28O3. The van der Waals surface area contributed by atoms with Crippen molar-refractivity contribution in [3.8, 4) is 5.75 Å². The molecule has 4 atom stereocenters. The lowest BCUT2D eigenvalue weighted by atomic mass is 9.55. The summed E-state index contributed by atoms with van der Waals surface area (Å²) in [7, 11) is 0. The summed E-state index contributed by atoms with van der Waals surface area (Å²) in [5.41, 5.74) is 2.82. The molecule has 0 aromatic heterocycles. The number of allylic oxidation sites excluding steroid dienone is 1. The van der Waals surface area contributed by atoms with E-state index in [-0.39, 0.29) is 0 Å². The van der Waals surface area contributed by atoms with Gasteiger partial charge in [-0.05, 0) is 54.2 Å². The molecule has 1 aromatic carbocycles. The number of rotatable bonds is 8. The van der Waals surface area contributed by atoms with Gasteiger partial charge >= 0.3 is 5.97 Å². The highest BCUT2D eigenvalue weighted by atomic mass is 16.5. The van der Waals surface area contributed by atoms with E-state index in [0.717, 1.165) is 12.3 Å². The van der Waals surface area contributed by atoms with Gasteiger partial charge < -0.3 is 9.84 Å². The van der Waals surface area contributed by atoms with Crippen molar-refractivity contribution in [3.63, 3.8) is 0 Å². The van der Waals surface area contributed by atoms with E-state index >= 15 is 0 Å². The van der Waals surface area contributed by atoms with Gasteiger partial charge in [-0.3, -0.25) is 0 Å². The number of benzene rings is 1. The largest absolute Gasteiger partial charge is 0.478 e. The second-order valence-corrected chi connectivity index (χ2v) is 7.96. The standard InChI is InChI=1S/C22H28O3/c1-2-3-4-5-6-7-8-15-16-11-12-25-21-17(22(23)24)10-9-14-13-18(15)20(16)19(14)21/h9-12,15-16,18,20H,2-8,13H2,1H3,(H,23,24)/t15-,16-,18+,20-/m1/s1. The molecule has 0 unspecified atom stereocenters. The Morgan fingerprint density at radius 2 is 2.00 bits per heavy atom. The van der Waals surface area contributed by atoms with E-state index in [0.29, 0.717) is 29.1 Å². The van der Waals surface area contributed by atoms with Gasteiger partial charge in [0.1, 0.15) is 11.3 Å². The Labute approximate surface area is 150 Å². The maximum atomic E-state index is 11.5. The highest BCUT2D eigenvalue weighted by Gasteiger charge is 2.55. The molecule has 3 aliphatic rings. The normalized spacial score (nSPS) is 28.0. The molecule has 0 spiro atoms. The number of aromatic carboxylic acids is 1. The SMILES string of the molecule is CCCCCCCC[C@@H]1[C@H]2C=COc3c(C(=O)O)ccc4c3[C@H]2[C@H]1C4. The predicted octanol–water partition coefficient (Wildman–Crippen LogP) is 5.54. The number of carbonyl (C=O) groups is 1. The van der Waals surface area contributed by atoms with Crippen molar-refractivity contribution < 1.29 is 14.6 Å². The van der Waals surface area contributed by atoms with Crippen LogP contribution in [-0.2, 0) is 6.42 Å². The molecule has 1 fully saturated rings. The molecule has 0 radical (unpaired) electrons. The van der Waals surface area contributed by atoms with Crippen molar-refractivity contribution in [2.75, 3.05) is 0 Å². The molecule has 0 saturated heterocycles. The Bertz CT molecular complexity index is 691. The molecule has 1 N–H and O–H groups in total. The molecule has 3 heteroatoms. The first-order valence-corrected chi connectivity index (χ1v) is 9.94. The Morgan fingerprint density at radius 3 is 2.80 bits per heavy atom. The second kappa shape index (κ2) is 6.86. The van der Waals surface area contributed by atoms with Gasteiger partial charge in [-0.15, -0.1) is 0 Å². The minimum atomic E-state index is -0.893. The van der Waals surface area contributed by atoms with Crippen molar-refractivity contribution in [2.45, 2.75) is 64.2 Å². The van der Waals surface area contributed by atoms with Crippen molar-refractivity contribution >= 4 is 5.97 Å². The Kier molecular flexibility index (Phi) is 4.58. The first-order chi connectivity index (χ1) is 12.2. The monoisotopic (exact) mass is 340 g/mol. The zero-order valence-corrected chi connectivity index (χ0v) is 15.0. The average molecular weight is 340 g/mol. The number of hydrogen-bond donors (Lipinski definition) is 1. The van der Waals surface area contributed by atoms with Gasteiger partial charge in [0.05, 0.1) is 6.26 Å². The molecule has 134 valence electrons. The number of carboxylic acids is 1. The molecule has 1 heterocycles. The first kappa shape index (κ1) is 16.7. The van der Waals surface area contributed by atoms with Gasteiger partial charge in [-0.1, -0.05) is 51.5 Å².